The van der Waals surface area contributed by atoms with Crippen LogP contribution in [0.1, 0.15) is 29.5 Å². The molecule has 17 heavy (non-hydrogen) atoms. The molecule has 1 heterocycles. The summed E-state index contributed by atoms with van der Waals surface area (Å²) < 4.78 is 0. The fraction of sp³-hybridized carbons (Fsp3) is 0.357. The largest absolute Gasteiger partial charge is 0.352 e. The number of nitrogens with one attached hydrogen (secondary N) is 2. The third-order valence-corrected chi connectivity index (χ3v) is 2.89. The second-order valence-corrected chi connectivity index (χ2v) is 4.19. The Morgan fingerprint density at radius 1 is 1.41 bits per heavy atom. The van der Waals surface area contributed by atoms with Gasteiger partial charge in [0.25, 0.3) is 0 Å². The van der Waals surface area contributed by atoms with Gasteiger partial charge in [0.05, 0.1) is 0 Å². The van der Waals surface area contributed by atoms with Gasteiger partial charge in [-0.15, -0.1) is 12.3 Å². The number of fused-ring (bicyclic) bond motifs is 1. The maximum Gasteiger partial charge on any atom is 0.221 e. The van der Waals surface area contributed by atoms with E-state index in [4.69, 9.17) is 6.42 Å². The second-order valence-electron chi connectivity index (χ2n) is 4.19. The zero-order valence-corrected chi connectivity index (χ0v) is 9.75. The molecule has 0 radical (unpaired) electrons. The van der Waals surface area contributed by atoms with E-state index < -0.39 is 0 Å². The molecule has 0 spiro atoms. The Kier molecular flexibility index (Phi) is 3.79. The standard InChI is InChI=1S/C14H16N2O/c1-2-3-4-14(17)16-8-11-5-6-12-9-15-10-13(12)7-11/h1,5-7,15H,3-4,8-10H2,(H,16,17). The van der Waals surface area contributed by atoms with E-state index in [2.05, 4.69) is 34.8 Å². The Bertz CT molecular complexity index is 460. The Morgan fingerprint density at radius 3 is 3.06 bits per heavy atom. The monoisotopic (exact) mass is 228 g/mol. The van der Waals surface area contributed by atoms with Crippen molar-refractivity contribution in [1.82, 2.24) is 10.6 Å². The van der Waals surface area contributed by atoms with Gasteiger partial charge in [0.15, 0.2) is 0 Å². The van der Waals surface area contributed by atoms with Crippen LogP contribution in [0.15, 0.2) is 18.2 Å². The average molecular weight is 228 g/mol. The summed E-state index contributed by atoms with van der Waals surface area (Å²) in [6, 6.07) is 6.34. The Hall–Kier alpha value is -1.79. The van der Waals surface area contributed by atoms with E-state index in [0.717, 1.165) is 18.7 Å². The normalized spacial score (nSPS) is 12.9. The molecule has 1 aromatic rings. The van der Waals surface area contributed by atoms with Crippen LogP contribution < -0.4 is 10.6 Å². The minimum absolute atomic E-state index is 0.0153. The maximum absolute atomic E-state index is 11.4. The molecule has 2 rings (SSSR count). The number of benzene rings is 1. The summed E-state index contributed by atoms with van der Waals surface area (Å²) in [6.07, 6.45) is 6.01. The first-order chi connectivity index (χ1) is 8.29. The fourth-order valence-corrected chi connectivity index (χ4v) is 1.93. The van der Waals surface area contributed by atoms with Gasteiger partial charge in [0, 0.05) is 32.5 Å². The van der Waals surface area contributed by atoms with Gasteiger partial charge in [-0.05, 0) is 16.7 Å². The highest BCUT2D eigenvalue weighted by molar-refractivity contribution is 5.76. The quantitative estimate of drug-likeness (QED) is 0.763. The molecule has 0 aliphatic carbocycles. The number of carbonyl (C=O) groups is 1. The van der Waals surface area contributed by atoms with Crippen molar-refractivity contribution in [3.8, 4) is 12.3 Å². The number of hydrogen-bond donors (Lipinski definition) is 2. The van der Waals surface area contributed by atoms with E-state index in [1.54, 1.807) is 0 Å². The summed E-state index contributed by atoms with van der Waals surface area (Å²) in [5.74, 6) is 2.48. The van der Waals surface area contributed by atoms with Crippen molar-refractivity contribution in [3.05, 3.63) is 34.9 Å². The first kappa shape index (κ1) is 11.7. The highest BCUT2D eigenvalue weighted by Gasteiger charge is 2.10. The SMILES string of the molecule is C#CCCC(=O)NCc1ccc2c(c1)CNC2. The third-order valence-electron chi connectivity index (χ3n) is 2.89. The lowest BCUT2D eigenvalue weighted by atomic mass is 10.1. The summed E-state index contributed by atoms with van der Waals surface area (Å²) in [6.45, 7) is 2.45. The smallest absolute Gasteiger partial charge is 0.221 e. The molecule has 0 saturated heterocycles. The number of terminal acetylenes is 1. The van der Waals surface area contributed by atoms with Gasteiger partial charge in [-0.3, -0.25) is 4.79 Å². The molecule has 1 aromatic carbocycles. The minimum atomic E-state index is 0.0153. The van der Waals surface area contributed by atoms with Crippen molar-refractivity contribution in [2.24, 2.45) is 0 Å². The van der Waals surface area contributed by atoms with Crippen LogP contribution in [0.5, 0.6) is 0 Å². The van der Waals surface area contributed by atoms with E-state index in [0.29, 0.717) is 19.4 Å². The predicted molar refractivity (Wildman–Crippen MR) is 66.9 cm³/mol. The van der Waals surface area contributed by atoms with Crippen molar-refractivity contribution in [2.45, 2.75) is 32.5 Å². The predicted octanol–water partition coefficient (Wildman–Crippen LogP) is 1.32. The summed E-state index contributed by atoms with van der Waals surface area (Å²) in [5, 5.41) is 6.17. The van der Waals surface area contributed by atoms with Gasteiger partial charge >= 0.3 is 0 Å². The van der Waals surface area contributed by atoms with E-state index >= 15 is 0 Å². The van der Waals surface area contributed by atoms with Crippen LogP contribution in [-0.4, -0.2) is 5.91 Å². The number of amides is 1. The van der Waals surface area contributed by atoms with Gasteiger partial charge in [-0.2, -0.15) is 0 Å². The van der Waals surface area contributed by atoms with Crippen molar-refractivity contribution in [1.29, 1.82) is 0 Å². The number of carbonyl (C=O) groups excluding carboxylic acids is 1. The second kappa shape index (κ2) is 5.51. The van der Waals surface area contributed by atoms with Crippen LogP contribution in [0.25, 0.3) is 0 Å². The topological polar surface area (TPSA) is 41.1 Å². The molecule has 0 atom stereocenters. The molecule has 1 aliphatic rings. The summed E-state index contributed by atoms with van der Waals surface area (Å²) >= 11 is 0. The zero-order valence-electron chi connectivity index (χ0n) is 9.75. The molecule has 88 valence electrons. The van der Waals surface area contributed by atoms with Crippen molar-refractivity contribution < 1.29 is 4.79 Å². The summed E-state index contributed by atoms with van der Waals surface area (Å²) in [7, 11) is 0. The van der Waals surface area contributed by atoms with Gasteiger partial charge in [0.1, 0.15) is 0 Å². The highest BCUT2D eigenvalue weighted by atomic mass is 16.1. The van der Waals surface area contributed by atoms with Gasteiger partial charge < -0.3 is 10.6 Å². The van der Waals surface area contributed by atoms with E-state index in [1.165, 1.54) is 11.1 Å². The van der Waals surface area contributed by atoms with Crippen LogP contribution in [0, 0.1) is 12.3 Å². The summed E-state index contributed by atoms with van der Waals surface area (Å²) in [5.41, 5.74) is 3.83. The summed E-state index contributed by atoms with van der Waals surface area (Å²) in [4.78, 5) is 11.4. The van der Waals surface area contributed by atoms with Crippen LogP contribution in [-0.2, 0) is 24.4 Å². The van der Waals surface area contributed by atoms with E-state index in [9.17, 15) is 4.79 Å². The van der Waals surface area contributed by atoms with Crippen LogP contribution in [0.4, 0.5) is 0 Å². The lowest BCUT2D eigenvalue weighted by Gasteiger charge is -2.06. The Balaban J connectivity index is 1.87. The maximum atomic E-state index is 11.4. The van der Waals surface area contributed by atoms with Crippen molar-refractivity contribution in [2.75, 3.05) is 0 Å². The van der Waals surface area contributed by atoms with E-state index in [-0.39, 0.29) is 5.91 Å². The molecular weight excluding hydrogens is 212 g/mol. The highest BCUT2D eigenvalue weighted by Crippen LogP contribution is 2.16. The molecule has 0 aromatic heterocycles. The van der Waals surface area contributed by atoms with Gasteiger partial charge in [-0.1, -0.05) is 18.2 Å². The lowest BCUT2D eigenvalue weighted by Crippen LogP contribution is -2.22. The molecule has 0 bridgehead atoms. The van der Waals surface area contributed by atoms with Gasteiger partial charge in [-0.25, -0.2) is 0 Å². The first-order valence-corrected chi connectivity index (χ1v) is 5.81. The van der Waals surface area contributed by atoms with Crippen LogP contribution in [0.2, 0.25) is 0 Å². The molecule has 1 aliphatic heterocycles. The molecule has 0 saturated carbocycles. The third kappa shape index (κ3) is 3.08. The molecule has 3 heteroatoms. The van der Waals surface area contributed by atoms with Crippen molar-refractivity contribution >= 4 is 5.91 Å². The lowest BCUT2D eigenvalue weighted by molar-refractivity contribution is -0.121. The molecule has 0 fully saturated rings. The molecular formula is C14H16N2O. The number of hydrogen-bond acceptors (Lipinski definition) is 2. The number of rotatable bonds is 4. The molecule has 3 nitrogen and oxygen atoms in total. The first-order valence-electron chi connectivity index (χ1n) is 5.81. The minimum Gasteiger partial charge on any atom is -0.352 e. The Morgan fingerprint density at radius 2 is 2.24 bits per heavy atom. The fourth-order valence-electron chi connectivity index (χ4n) is 1.93. The zero-order chi connectivity index (χ0) is 12.1. The molecule has 2 N–H and O–H groups in total. The molecule has 1 amide bonds. The van der Waals surface area contributed by atoms with Crippen molar-refractivity contribution in [3.63, 3.8) is 0 Å². The Labute approximate surface area is 102 Å². The average Bonchev–Trinajstić information content (AvgIpc) is 2.81. The van der Waals surface area contributed by atoms with E-state index in [1.807, 2.05) is 0 Å². The molecule has 0 unspecified atom stereocenters. The van der Waals surface area contributed by atoms with Gasteiger partial charge in [0.2, 0.25) is 5.91 Å². The van der Waals surface area contributed by atoms with Crippen LogP contribution >= 0.6 is 0 Å². The van der Waals surface area contributed by atoms with Crippen LogP contribution in [0.3, 0.4) is 0 Å².